The van der Waals surface area contributed by atoms with E-state index in [2.05, 4.69) is 6.92 Å². The normalized spacial score (nSPS) is 21.0. The summed E-state index contributed by atoms with van der Waals surface area (Å²) >= 11 is 0. The number of phenols is 1. The van der Waals surface area contributed by atoms with E-state index in [1.54, 1.807) is 0 Å². The van der Waals surface area contributed by atoms with E-state index in [9.17, 15) is 5.11 Å². The smallest absolute Gasteiger partial charge is 0.127 e. The van der Waals surface area contributed by atoms with Gasteiger partial charge in [-0.05, 0) is 63.1 Å². The Morgan fingerprint density at radius 2 is 1.53 bits per heavy atom. The molecule has 1 heterocycles. The Labute approximate surface area is 115 Å². The van der Waals surface area contributed by atoms with Crippen LogP contribution in [-0.4, -0.2) is 10.7 Å². The standard InChI is InChI=1S/C17H24O2/c1-11-12(2)16-14(13(3)15(11)18)10-17(19-16)8-6-4-5-7-9-17/h18H,4-10H2,1-3H3. The summed E-state index contributed by atoms with van der Waals surface area (Å²) in [6.45, 7) is 6.09. The lowest BCUT2D eigenvalue weighted by molar-refractivity contribution is 0.0766. The molecule has 0 bridgehead atoms. The second kappa shape index (κ2) is 4.43. The van der Waals surface area contributed by atoms with Crippen molar-refractivity contribution in [3.63, 3.8) is 0 Å². The molecule has 0 aromatic heterocycles. The Morgan fingerprint density at radius 3 is 2.16 bits per heavy atom. The number of phenolic OH excluding ortho intramolecular Hbond substituents is 1. The molecule has 2 heteroatoms. The number of hydrogen-bond acceptors (Lipinski definition) is 2. The van der Waals surface area contributed by atoms with Gasteiger partial charge in [-0.3, -0.25) is 0 Å². The Kier molecular flexibility index (Phi) is 2.99. The number of aromatic hydroxyl groups is 1. The molecule has 19 heavy (non-hydrogen) atoms. The van der Waals surface area contributed by atoms with Gasteiger partial charge in [0.15, 0.2) is 0 Å². The third-order valence-corrected chi connectivity index (χ3v) is 5.17. The van der Waals surface area contributed by atoms with Crippen molar-refractivity contribution in [2.45, 2.75) is 71.3 Å². The largest absolute Gasteiger partial charge is 0.507 e. The second-order valence-corrected chi connectivity index (χ2v) is 6.41. The van der Waals surface area contributed by atoms with Crippen molar-refractivity contribution in [2.75, 3.05) is 0 Å². The van der Waals surface area contributed by atoms with Gasteiger partial charge in [-0.2, -0.15) is 0 Å². The quantitative estimate of drug-likeness (QED) is 0.751. The molecule has 1 N–H and O–H groups in total. The second-order valence-electron chi connectivity index (χ2n) is 6.41. The highest BCUT2D eigenvalue weighted by Gasteiger charge is 2.41. The molecular weight excluding hydrogens is 236 g/mol. The zero-order valence-corrected chi connectivity index (χ0v) is 12.3. The molecule has 1 saturated carbocycles. The molecule has 0 saturated heterocycles. The molecule has 0 atom stereocenters. The fourth-order valence-electron chi connectivity index (χ4n) is 3.75. The lowest BCUT2D eigenvalue weighted by Gasteiger charge is -2.27. The summed E-state index contributed by atoms with van der Waals surface area (Å²) < 4.78 is 6.45. The highest BCUT2D eigenvalue weighted by atomic mass is 16.5. The molecule has 0 unspecified atom stereocenters. The maximum absolute atomic E-state index is 10.2. The first-order chi connectivity index (χ1) is 9.04. The van der Waals surface area contributed by atoms with Crippen LogP contribution in [0.1, 0.15) is 60.8 Å². The molecule has 0 radical (unpaired) electrons. The van der Waals surface area contributed by atoms with Crippen LogP contribution in [0.3, 0.4) is 0 Å². The summed E-state index contributed by atoms with van der Waals surface area (Å²) in [6, 6.07) is 0. The van der Waals surface area contributed by atoms with Crippen LogP contribution >= 0.6 is 0 Å². The molecule has 3 rings (SSSR count). The van der Waals surface area contributed by atoms with Crippen LogP contribution in [0.2, 0.25) is 0 Å². The lowest BCUT2D eigenvalue weighted by atomic mass is 9.87. The lowest BCUT2D eigenvalue weighted by Crippen LogP contribution is -2.33. The average molecular weight is 260 g/mol. The number of benzene rings is 1. The van der Waals surface area contributed by atoms with Crippen molar-refractivity contribution < 1.29 is 9.84 Å². The monoisotopic (exact) mass is 260 g/mol. The minimum Gasteiger partial charge on any atom is -0.507 e. The van der Waals surface area contributed by atoms with Crippen LogP contribution in [0.4, 0.5) is 0 Å². The molecule has 2 aliphatic rings. The molecule has 104 valence electrons. The minimum atomic E-state index is 0.0224. The first-order valence-electron chi connectivity index (χ1n) is 7.55. The van der Waals surface area contributed by atoms with E-state index >= 15 is 0 Å². The maximum Gasteiger partial charge on any atom is 0.127 e. The number of hydrogen-bond donors (Lipinski definition) is 1. The SMILES string of the molecule is Cc1c(C)c2c(c(C)c1O)CC1(CCCCCC1)O2. The topological polar surface area (TPSA) is 29.5 Å². The van der Waals surface area contributed by atoms with Crippen LogP contribution in [0.15, 0.2) is 0 Å². The van der Waals surface area contributed by atoms with Crippen molar-refractivity contribution in [2.24, 2.45) is 0 Å². The van der Waals surface area contributed by atoms with Crippen LogP contribution in [0.25, 0.3) is 0 Å². The first kappa shape index (κ1) is 12.8. The molecule has 1 aliphatic heterocycles. The Morgan fingerprint density at radius 1 is 0.895 bits per heavy atom. The fraction of sp³-hybridized carbons (Fsp3) is 0.647. The van der Waals surface area contributed by atoms with Crippen molar-refractivity contribution in [1.29, 1.82) is 0 Å². The third kappa shape index (κ3) is 1.92. The van der Waals surface area contributed by atoms with Gasteiger partial charge in [0.2, 0.25) is 0 Å². The minimum absolute atomic E-state index is 0.0224. The summed E-state index contributed by atoms with van der Waals surface area (Å²) in [7, 11) is 0. The van der Waals surface area contributed by atoms with Gasteiger partial charge >= 0.3 is 0 Å². The summed E-state index contributed by atoms with van der Waals surface area (Å²) in [5.74, 6) is 1.53. The molecular formula is C17H24O2. The summed E-state index contributed by atoms with van der Waals surface area (Å²) in [5.41, 5.74) is 4.40. The van der Waals surface area contributed by atoms with E-state index in [1.807, 2.05) is 13.8 Å². The molecule has 1 aromatic rings. The van der Waals surface area contributed by atoms with Gasteiger partial charge in [0.25, 0.3) is 0 Å². The van der Waals surface area contributed by atoms with Crippen LogP contribution < -0.4 is 4.74 Å². The highest BCUT2D eigenvalue weighted by Crippen LogP contribution is 2.48. The van der Waals surface area contributed by atoms with Gasteiger partial charge in [0, 0.05) is 12.0 Å². The van der Waals surface area contributed by atoms with E-state index in [4.69, 9.17) is 4.74 Å². The summed E-state index contributed by atoms with van der Waals surface area (Å²) in [6.07, 6.45) is 8.55. The number of fused-ring (bicyclic) bond motifs is 1. The first-order valence-corrected chi connectivity index (χ1v) is 7.55. The van der Waals surface area contributed by atoms with Crippen molar-refractivity contribution in [3.8, 4) is 11.5 Å². The van der Waals surface area contributed by atoms with Gasteiger partial charge in [-0.1, -0.05) is 12.8 Å². The van der Waals surface area contributed by atoms with Crippen LogP contribution in [0, 0.1) is 20.8 Å². The van der Waals surface area contributed by atoms with Gasteiger partial charge in [-0.25, -0.2) is 0 Å². The van der Waals surface area contributed by atoms with Crippen molar-refractivity contribution in [3.05, 3.63) is 22.3 Å². The van der Waals surface area contributed by atoms with Gasteiger partial charge < -0.3 is 9.84 Å². The van der Waals surface area contributed by atoms with E-state index in [0.717, 1.165) is 28.9 Å². The molecule has 2 nitrogen and oxygen atoms in total. The van der Waals surface area contributed by atoms with Crippen LogP contribution in [0.5, 0.6) is 11.5 Å². The van der Waals surface area contributed by atoms with E-state index in [-0.39, 0.29) is 5.60 Å². The summed E-state index contributed by atoms with van der Waals surface area (Å²) in [4.78, 5) is 0. The molecule has 1 aromatic carbocycles. The zero-order chi connectivity index (χ0) is 13.6. The van der Waals surface area contributed by atoms with E-state index < -0.39 is 0 Å². The van der Waals surface area contributed by atoms with Gasteiger partial charge in [0.1, 0.15) is 17.1 Å². The molecule has 1 fully saturated rings. The molecule has 1 spiro atoms. The highest BCUT2D eigenvalue weighted by molar-refractivity contribution is 5.59. The Bertz CT molecular complexity index is 470. The number of rotatable bonds is 0. The van der Waals surface area contributed by atoms with Gasteiger partial charge in [-0.15, -0.1) is 0 Å². The summed E-state index contributed by atoms with van der Waals surface area (Å²) in [5, 5.41) is 10.2. The average Bonchev–Trinajstić information content (AvgIpc) is 2.62. The zero-order valence-electron chi connectivity index (χ0n) is 12.3. The van der Waals surface area contributed by atoms with Crippen LogP contribution in [-0.2, 0) is 6.42 Å². The maximum atomic E-state index is 10.2. The van der Waals surface area contributed by atoms with E-state index in [1.165, 1.54) is 44.1 Å². The van der Waals surface area contributed by atoms with E-state index in [0.29, 0.717) is 5.75 Å². The predicted molar refractivity (Wildman–Crippen MR) is 77.1 cm³/mol. The molecule has 0 amide bonds. The molecule has 1 aliphatic carbocycles. The number of ether oxygens (including phenoxy) is 1. The van der Waals surface area contributed by atoms with Gasteiger partial charge in [0.05, 0.1) is 0 Å². The predicted octanol–water partition coefficient (Wildman–Crippen LogP) is 4.35. The van der Waals surface area contributed by atoms with Crippen molar-refractivity contribution in [1.82, 2.24) is 0 Å². The fourth-order valence-corrected chi connectivity index (χ4v) is 3.75. The Balaban J connectivity index is 2.04. The third-order valence-electron chi connectivity index (χ3n) is 5.17. The Hall–Kier alpha value is -1.18. The van der Waals surface area contributed by atoms with Crippen molar-refractivity contribution >= 4 is 0 Å².